The number of hydrogen-bond acceptors (Lipinski definition) is 16. The maximum absolute atomic E-state index is 15.6. The Bertz CT molecular complexity index is 1850. The molecule has 2 aliphatic rings. The molecule has 3 aromatic heterocycles. The van der Waals surface area contributed by atoms with Crippen LogP contribution in [0.25, 0.3) is 11.2 Å². The predicted molar refractivity (Wildman–Crippen MR) is 180 cm³/mol. The number of alkyl halides is 1. The van der Waals surface area contributed by atoms with Gasteiger partial charge in [0.15, 0.2) is 29.7 Å². The highest BCUT2D eigenvalue weighted by Crippen LogP contribution is 2.56. The first kappa shape index (κ1) is 38.8. The zero-order valence-electron chi connectivity index (χ0n) is 27.6. The molecule has 1 aliphatic heterocycles. The molecule has 5 rings (SSSR count). The van der Waals surface area contributed by atoms with E-state index in [-0.39, 0.29) is 49.1 Å². The number of imidazole rings is 1. The second kappa shape index (κ2) is 16.9. The number of carbonyl (C=O) groups is 1. The molecule has 23 heteroatoms. The van der Waals surface area contributed by atoms with Crippen molar-refractivity contribution in [1.82, 2.24) is 29.5 Å². The maximum atomic E-state index is 15.6. The molecule has 2 unspecified atom stereocenters. The molecule has 2 fully saturated rings. The van der Waals surface area contributed by atoms with Gasteiger partial charge < -0.3 is 28.7 Å². The van der Waals surface area contributed by atoms with E-state index in [1.807, 2.05) is 6.07 Å². The van der Waals surface area contributed by atoms with Crippen molar-refractivity contribution in [3.63, 3.8) is 0 Å². The molecule has 1 saturated carbocycles. The first-order valence-electron chi connectivity index (χ1n) is 15.8. The smallest absolute Gasteiger partial charge is 0.394 e. The van der Waals surface area contributed by atoms with Gasteiger partial charge in [-0.3, -0.25) is 24.5 Å². The van der Waals surface area contributed by atoms with Gasteiger partial charge in [-0.15, -0.1) is 9.42 Å². The van der Waals surface area contributed by atoms with Gasteiger partial charge in [0, 0.05) is 28.5 Å². The van der Waals surface area contributed by atoms with E-state index >= 15 is 4.39 Å². The van der Waals surface area contributed by atoms with E-state index in [0.29, 0.717) is 5.82 Å². The minimum absolute atomic E-state index is 0.0297. The lowest BCUT2D eigenvalue weighted by Gasteiger charge is -2.30. The fraction of sp³-hybridized carbons (Fsp3) is 0.607. The van der Waals surface area contributed by atoms with Crippen LogP contribution in [0.2, 0.25) is 0 Å². The quantitative estimate of drug-likeness (QED) is 0.103. The lowest BCUT2D eigenvalue weighted by Crippen LogP contribution is -2.33. The van der Waals surface area contributed by atoms with Crippen molar-refractivity contribution in [3.05, 3.63) is 35.3 Å². The molecule has 1 saturated heterocycles. The van der Waals surface area contributed by atoms with Crippen molar-refractivity contribution in [2.24, 2.45) is 17.8 Å². The number of hydrogen-bond donors (Lipinski definition) is 5. The molecule has 10 atom stereocenters. The van der Waals surface area contributed by atoms with Crippen LogP contribution in [0, 0.1) is 29.1 Å². The molecule has 3 aromatic rings. The number of nitrogens with zero attached hydrogens (tertiary/aromatic N) is 6. The van der Waals surface area contributed by atoms with Crippen LogP contribution in [0.5, 0.6) is 0 Å². The number of nitriles is 1. The van der Waals surface area contributed by atoms with Crippen molar-refractivity contribution in [3.8, 4) is 6.07 Å². The molecule has 0 bridgehead atoms. The fourth-order valence-corrected chi connectivity index (χ4v) is 8.38. The summed E-state index contributed by atoms with van der Waals surface area (Å²) in [6.45, 7) is 0.268. The minimum Gasteiger partial charge on any atom is -0.394 e. The molecule has 276 valence electrons. The SMILES string of the molecule is CC(C)C(=O)Nc1nc2c(ncn2[C@@H]2O[C@H](CO)[C@@H](C)[C@H]2OP(=S)(OCCC#N)OC[C@H]2C[C@@H](Nc3ccncn3)[C@H](F)[C@@H]2O[P+](=O)O)c(=O)[nH]1. The highest BCUT2D eigenvalue weighted by Gasteiger charge is 2.51. The topological polar surface area (TPSA) is 258 Å². The van der Waals surface area contributed by atoms with Gasteiger partial charge in [-0.05, 0) is 24.3 Å². The number of aromatic nitrogens is 6. The van der Waals surface area contributed by atoms with Crippen molar-refractivity contribution >= 4 is 55.6 Å². The zero-order valence-corrected chi connectivity index (χ0v) is 30.2. The lowest BCUT2D eigenvalue weighted by atomic mass is 10.0. The van der Waals surface area contributed by atoms with Crippen molar-refractivity contribution < 1.29 is 46.6 Å². The minimum atomic E-state index is -3.85. The third kappa shape index (κ3) is 9.15. The summed E-state index contributed by atoms with van der Waals surface area (Å²) in [6, 6.07) is 2.60. The Kier molecular flexibility index (Phi) is 12.9. The Labute approximate surface area is 296 Å². The van der Waals surface area contributed by atoms with Gasteiger partial charge in [0.05, 0.1) is 50.8 Å². The first-order valence-corrected chi connectivity index (χ1v) is 19.5. The highest BCUT2D eigenvalue weighted by molar-refractivity contribution is 8.07. The van der Waals surface area contributed by atoms with Crippen molar-refractivity contribution in [2.45, 2.75) is 70.4 Å². The van der Waals surface area contributed by atoms with Gasteiger partial charge in [-0.2, -0.15) is 10.2 Å². The van der Waals surface area contributed by atoms with Crippen LogP contribution in [-0.2, 0) is 44.0 Å². The van der Waals surface area contributed by atoms with Crippen LogP contribution in [-0.4, -0.2) is 95.7 Å². The van der Waals surface area contributed by atoms with Crippen LogP contribution in [0.3, 0.4) is 0 Å². The van der Waals surface area contributed by atoms with Crippen molar-refractivity contribution in [1.29, 1.82) is 5.26 Å². The van der Waals surface area contributed by atoms with Gasteiger partial charge in [0.1, 0.15) is 18.2 Å². The number of carbonyl (C=O) groups excluding carboxylic acids is 1. The Balaban J connectivity index is 1.42. The summed E-state index contributed by atoms with van der Waals surface area (Å²) in [5, 5.41) is 24.8. The van der Waals surface area contributed by atoms with E-state index in [4.69, 9.17) is 34.6 Å². The largest absolute Gasteiger partial charge is 0.695 e. The zero-order chi connectivity index (χ0) is 36.9. The molecule has 19 nitrogen and oxygen atoms in total. The number of H-pyrrole nitrogens is 1. The summed E-state index contributed by atoms with van der Waals surface area (Å²) in [4.78, 5) is 53.7. The van der Waals surface area contributed by atoms with E-state index in [2.05, 4.69) is 35.6 Å². The number of fused-ring (bicyclic) bond motifs is 1. The Morgan fingerprint density at radius 2 is 2.14 bits per heavy atom. The number of aliphatic hydroxyl groups excluding tert-OH is 1. The van der Waals surface area contributed by atoms with Gasteiger partial charge in [-0.1, -0.05) is 20.8 Å². The number of aromatic amines is 1. The number of aliphatic hydroxyl groups is 1. The fourth-order valence-electron chi connectivity index (χ4n) is 5.70. The lowest BCUT2D eigenvalue weighted by molar-refractivity contribution is -0.118. The average molecular weight is 773 g/mol. The maximum Gasteiger partial charge on any atom is 0.695 e. The second-order valence-electron chi connectivity index (χ2n) is 12.1. The summed E-state index contributed by atoms with van der Waals surface area (Å²) in [6.07, 6.45) is -2.02. The summed E-state index contributed by atoms with van der Waals surface area (Å²) >= 11 is 5.80. The third-order valence-electron chi connectivity index (χ3n) is 8.36. The van der Waals surface area contributed by atoms with E-state index in [0.717, 1.165) is 0 Å². The van der Waals surface area contributed by atoms with E-state index in [9.17, 15) is 29.4 Å². The summed E-state index contributed by atoms with van der Waals surface area (Å²) in [5.41, 5.74) is -0.673. The van der Waals surface area contributed by atoms with Crippen LogP contribution < -0.4 is 16.2 Å². The van der Waals surface area contributed by atoms with Gasteiger partial charge in [0.25, 0.3) is 5.56 Å². The molecule has 1 amide bonds. The predicted octanol–water partition coefficient (Wildman–Crippen LogP) is 2.46. The van der Waals surface area contributed by atoms with Crippen LogP contribution in [0.1, 0.15) is 39.8 Å². The molecule has 0 aromatic carbocycles. The average Bonchev–Trinajstić information content (AvgIpc) is 3.74. The standard InChI is InChI=1S/C28H36FN9O10P2S/c1-14(2)25(40)36-28-35-24-21(26(41)37-28)33-13-38(24)27-22(15(3)18(10-39)46-27)48-50(51,44-8-4-6-30)45-11-16-9-17(20(29)23(16)47-49(42)43)34-19-5-7-31-12-32-19/h5,7,12-18,20,22-23,27,39H,4,8-11H2,1-3H3,(H3-,31,32,34,35,36,37,40,41,42,43)/p+1/t15-,16-,17-,18-,20+,22-,23-,27-,50?/m1/s1. The normalized spacial score (nSPS) is 27.7. The summed E-state index contributed by atoms with van der Waals surface area (Å²) in [5.74, 6) is -1.97. The molecule has 1 aliphatic carbocycles. The van der Waals surface area contributed by atoms with E-state index in [1.165, 1.54) is 29.5 Å². The summed E-state index contributed by atoms with van der Waals surface area (Å²) in [7, 11) is -3.19. The molecule has 0 radical (unpaired) electrons. The first-order chi connectivity index (χ1) is 24.3. The van der Waals surface area contributed by atoms with E-state index in [1.54, 1.807) is 20.8 Å². The second-order valence-corrected chi connectivity index (χ2v) is 15.8. The Morgan fingerprint density at radius 3 is 2.80 bits per heavy atom. The molecule has 0 spiro atoms. The Morgan fingerprint density at radius 1 is 1.35 bits per heavy atom. The Hall–Kier alpha value is -3.41. The number of anilines is 2. The van der Waals surface area contributed by atoms with Gasteiger partial charge in [-0.25, -0.2) is 19.3 Å². The number of amides is 1. The van der Waals surface area contributed by atoms with Gasteiger partial charge in [0.2, 0.25) is 11.9 Å². The molecule has 51 heavy (non-hydrogen) atoms. The highest BCUT2D eigenvalue weighted by atomic mass is 32.5. The molecular weight excluding hydrogens is 735 g/mol. The number of halogens is 1. The monoisotopic (exact) mass is 772 g/mol. The van der Waals surface area contributed by atoms with Crippen LogP contribution >= 0.6 is 15.0 Å². The molecule has 4 heterocycles. The van der Waals surface area contributed by atoms with Gasteiger partial charge >= 0.3 is 15.0 Å². The number of nitrogens with one attached hydrogen (secondary N) is 3. The summed E-state index contributed by atoms with van der Waals surface area (Å²) < 4.78 is 58.3. The van der Waals surface area contributed by atoms with Crippen LogP contribution in [0.4, 0.5) is 16.2 Å². The third-order valence-corrected chi connectivity index (χ3v) is 11.1. The molecule has 5 N–H and O–H groups in total. The number of ether oxygens (including phenoxy) is 1. The van der Waals surface area contributed by atoms with E-state index < -0.39 is 81.6 Å². The van der Waals surface area contributed by atoms with Crippen molar-refractivity contribution in [2.75, 3.05) is 30.5 Å². The van der Waals surface area contributed by atoms with Crippen LogP contribution in [0.15, 0.2) is 29.7 Å². The number of rotatable bonds is 16. The molecular formula is C28H37FN9O10P2S+.